The molecule has 0 saturated carbocycles. The monoisotopic (exact) mass is 246 g/mol. The number of hydrogen-bond acceptors (Lipinski definition) is 6. The van der Waals surface area contributed by atoms with Crippen LogP contribution in [0.3, 0.4) is 0 Å². The van der Waals surface area contributed by atoms with Gasteiger partial charge in [0.25, 0.3) is 5.91 Å². The van der Waals surface area contributed by atoms with Gasteiger partial charge in [0.05, 0.1) is 29.9 Å². The smallest absolute Gasteiger partial charge is 0.263 e. The predicted octanol–water partition coefficient (Wildman–Crippen LogP) is -1.13. The third-order valence-corrected chi connectivity index (χ3v) is 2.92. The van der Waals surface area contributed by atoms with E-state index in [0.717, 1.165) is 10.9 Å². The molecule has 1 rings (SSSR count). The summed E-state index contributed by atoms with van der Waals surface area (Å²) in [5.74, 6) is -0.600. The summed E-state index contributed by atoms with van der Waals surface area (Å²) >= 11 is 0. The Hall–Kier alpha value is -1.41. The molecule has 0 radical (unpaired) electrons. The van der Waals surface area contributed by atoms with Crippen molar-refractivity contribution in [3.63, 3.8) is 0 Å². The van der Waals surface area contributed by atoms with Crippen LogP contribution in [0, 0.1) is 0 Å². The third-order valence-electron chi connectivity index (χ3n) is 1.95. The second kappa shape index (κ2) is 4.62. The standard InChI is InChI=1S/C8H14N4O3S/c1-16(14,15)3-2-7(10)8(13)12-5-6(9)4-11-12/h4-5,7H,2-3,9-10H2,1H3/t7-/m0/s1. The van der Waals surface area contributed by atoms with Crippen LogP contribution in [0.1, 0.15) is 11.2 Å². The summed E-state index contributed by atoms with van der Waals surface area (Å²) in [5, 5.41) is 3.69. The molecule has 0 amide bonds. The summed E-state index contributed by atoms with van der Waals surface area (Å²) < 4.78 is 22.8. The topological polar surface area (TPSA) is 121 Å². The summed E-state index contributed by atoms with van der Waals surface area (Å²) in [7, 11) is -3.12. The van der Waals surface area contributed by atoms with Crippen LogP contribution >= 0.6 is 0 Å². The SMILES string of the molecule is CS(=O)(=O)CC[C@H](N)C(=O)n1cc(N)cn1. The Morgan fingerprint density at radius 1 is 1.62 bits per heavy atom. The van der Waals surface area contributed by atoms with E-state index in [-0.39, 0.29) is 12.2 Å². The van der Waals surface area contributed by atoms with Crippen LogP contribution in [-0.4, -0.2) is 42.2 Å². The Morgan fingerprint density at radius 3 is 2.69 bits per heavy atom. The van der Waals surface area contributed by atoms with Gasteiger partial charge in [0, 0.05) is 6.26 Å². The van der Waals surface area contributed by atoms with Crippen molar-refractivity contribution in [2.75, 3.05) is 17.7 Å². The van der Waals surface area contributed by atoms with Gasteiger partial charge < -0.3 is 11.5 Å². The highest BCUT2D eigenvalue weighted by molar-refractivity contribution is 7.90. The zero-order valence-corrected chi connectivity index (χ0v) is 9.64. The Bertz CT molecular complexity index is 479. The zero-order chi connectivity index (χ0) is 12.3. The van der Waals surface area contributed by atoms with E-state index in [4.69, 9.17) is 11.5 Å². The largest absolute Gasteiger partial charge is 0.396 e. The van der Waals surface area contributed by atoms with E-state index >= 15 is 0 Å². The van der Waals surface area contributed by atoms with E-state index in [0.29, 0.717) is 5.69 Å². The van der Waals surface area contributed by atoms with Crippen LogP contribution < -0.4 is 11.5 Å². The minimum Gasteiger partial charge on any atom is -0.396 e. The van der Waals surface area contributed by atoms with Gasteiger partial charge in [-0.1, -0.05) is 0 Å². The first-order valence-electron chi connectivity index (χ1n) is 4.57. The predicted molar refractivity (Wildman–Crippen MR) is 59.6 cm³/mol. The van der Waals surface area contributed by atoms with E-state index in [9.17, 15) is 13.2 Å². The van der Waals surface area contributed by atoms with Crippen LogP contribution in [0.15, 0.2) is 12.4 Å². The fourth-order valence-corrected chi connectivity index (χ4v) is 1.77. The number of anilines is 1. The number of rotatable bonds is 4. The maximum atomic E-state index is 11.6. The molecule has 7 nitrogen and oxygen atoms in total. The number of nitrogen functional groups attached to an aromatic ring is 1. The first kappa shape index (κ1) is 12.7. The number of aromatic nitrogens is 2. The molecule has 8 heteroatoms. The van der Waals surface area contributed by atoms with Crippen molar-refractivity contribution in [2.45, 2.75) is 12.5 Å². The summed E-state index contributed by atoms with van der Waals surface area (Å²) in [6.45, 7) is 0. The zero-order valence-electron chi connectivity index (χ0n) is 8.83. The van der Waals surface area contributed by atoms with Gasteiger partial charge in [-0.05, 0) is 6.42 Å². The van der Waals surface area contributed by atoms with Crippen LogP contribution in [-0.2, 0) is 9.84 Å². The van der Waals surface area contributed by atoms with Crippen molar-refractivity contribution in [2.24, 2.45) is 5.73 Å². The van der Waals surface area contributed by atoms with Gasteiger partial charge in [-0.15, -0.1) is 0 Å². The van der Waals surface area contributed by atoms with E-state index in [1.807, 2.05) is 0 Å². The molecular weight excluding hydrogens is 232 g/mol. The van der Waals surface area contributed by atoms with Crippen LogP contribution in [0.4, 0.5) is 5.69 Å². The van der Waals surface area contributed by atoms with Crippen molar-refractivity contribution in [3.8, 4) is 0 Å². The van der Waals surface area contributed by atoms with Gasteiger partial charge in [-0.2, -0.15) is 5.10 Å². The molecule has 0 spiro atoms. The van der Waals surface area contributed by atoms with Crippen LogP contribution in [0.5, 0.6) is 0 Å². The lowest BCUT2D eigenvalue weighted by molar-refractivity contribution is 0.0861. The second-order valence-corrected chi connectivity index (χ2v) is 5.84. The molecule has 90 valence electrons. The van der Waals surface area contributed by atoms with Crippen molar-refractivity contribution < 1.29 is 13.2 Å². The molecule has 1 aromatic heterocycles. The van der Waals surface area contributed by atoms with E-state index < -0.39 is 21.8 Å². The highest BCUT2D eigenvalue weighted by Crippen LogP contribution is 2.01. The maximum absolute atomic E-state index is 11.6. The normalized spacial score (nSPS) is 13.6. The molecule has 0 aliphatic rings. The number of nitrogens with zero attached hydrogens (tertiary/aromatic N) is 2. The van der Waals surface area contributed by atoms with E-state index in [1.165, 1.54) is 12.4 Å². The van der Waals surface area contributed by atoms with E-state index in [2.05, 4.69) is 5.10 Å². The first-order chi connectivity index (χ1) is 7.29. The molecule has 1 atom stereocenters. The van der Waals surface area contributed by atoms with Gasteiger partial charge in [-0.3, -0.25) is 4.79 Å². The maximum Gasteiger partial charge on any atom is 0.263 e. The molecule has 4 N–H and O–H groups in total. The number of sulfone groups is 1. The number of carbonyl (C=O) groups excluding carboxylic acids is 1. The quantitative estimate of drug-likeness (QED) is 0.693. The Labute approximate surface area is 93.3 Å². The lowest BCUT2D eigenvalue weighted by Gasteiger charge is -2.08. The molecular formula is C8H14N4O3S. The fraction of sp³-hybridized carbons (Fsp3) is 0.500. The van der Waals surface area contributed by atoms with Crippen LogP contribution in [0.25, 0.3) is 0 Å². The minimum atomic E-state index is -3.12. The average molecular weight is 246 g/mol. The molecule has 0 aliphatic carbocycles. The van der Waals surface area contributed by atoms with E-state index in [1.54, 1.807) is 0 Å². The van der Waals surface area contributed by atoms with Crippen molar-refractivity contribution in [3.05, 3.63) is 12.4 Å². The second-order valence-electron chi connectivity index (χ2n) is 3.58. The number of hydrogen-bond donors (Lipinski definition) is 2. The van der Waals surface area contributed by atoms with Gasteiger partial charge in [0.2, 0.25) is 0 Å². The highest BCUT2D eigenvalue weighted by atomic mass is 32.2. The van der Waals surface area contributed by atoms with Gasteiger partial charge >= 0.3 is 0 Å². The summed E-state index contributed by atoms with van der Waals surface area (Å²) in [6.07, 6.45) is 3.82. The molecule has 0 unspecified atom stereocenters. The van der Waals surface area contributed by atoms with Crippen LogP contribution in [0.2, 0.25) is 0 Å². The Kier molecular flexibility index (Phi) is 3.66. The third kappa shape index (κ3) is 3.63. The summed E-state index contributed by atoms with van der Waals surface area (Å²) in [6, 6.07) is -0.894. The molecule has 0 aromatic carbocycles. The van der Waals surface area contributed by atoms with Crippen molar-refractivity contribution >= 4 is 21.4 Å². The number of nitrogens with two attached hydrogens (primary N) is 2. The van der Waals surface area contributed by atoms with Crippen molar-refractivity contribution in [1.29, 1.82) is 0 Å². The highest BCUT2D eigenvalue weighted by Gasteiger charge is 2.18. The number of carbonyl (C=O) groups is 1. The van der Waals surface area contributed by atoms with Crippen molar-refractivity contribution in [1.82, 2.24) is 9.78 Å². The summed E-state index contributed by atoms with van der Waals surface area (Å²) in [4.78, 5) is 11.6. The van der Waals surface area contributed by atoms with Gasteiger partial charge in [0.15, 0.2) is 0 Å². The first-order valence-corrected chi connectivity index (χ1v) is 6.63. The molecule has 0 fully saturated rings. The summed E-state index contributed by atoms with van der Waals surface area (Å²) in [5.41, 5.74) is 11.3. The molecule has 0 saturated heterocycles. The molecule has 0 aliphatic heterocycles. The Morgan fingerprint density at radius 2 is 2.25 bits per heavy atom. The lowest BCUT2D eigenvalue weighted by atomic mass is 10.2. The molecule has 0 bridgehead atoms. The minimum absolute atomic E-state index is 0.0669. The Balaban J connectivity index is 2.61. The average Bonchev–Trinajstić information content (AvgIpc) is 2.59. The van der Waals surface area contributed by atoms with Gasteiger partial charge in [0.1, 0.15) is 9.84 Å². The lowest BCUT2D eigenvalue weighted by Crippen LogP contribution is -2.36. The molecule has 16 heavy (non-hydrogen) atoms. The van der Waals surface area contributed by atoms with Gasteiger partial charge in [-0.25, -0.2) is 13.1 Å². The molecule has 1 heterocycles. The fourth-order valence-electron chi connectivity index (χ4n) is 1.09. The molecule has 1 aromatic rings.